The molecule has 2 N–H and O–H groups in total. The van der Waals surface area contributed by atoms with Gasteiger partial charge < -0.3 is 15.4 Å². The summed E-state index contributed by atoms with van der Waals surface area (Å²) in [5.74, 6) is 6.65. The lowest BCUT2D eigenvalue weighted by Gasteiger charge is -2.16. The molecule has 0 saturated heterocycles. The predicted molar refractivity (Wildman–Crippen MR) is 139 cm³/mol. The third-order valence-corrected chi connectivity index (χ3v) is 5.80. The van der Waals surface area contributed by atoms with Gasteiger partial charge in [-0.15, -0.1) is 11.3 Å². The van der Waals surface area contributed by atoms with E-state index in [1.165, 1.54) is 0 Å². The molecule has 0 spiro atoms. The van der Waals surface area contributed by atoms with Crippen molar-refractivity contribution in [3.8, 4) is 17.6 Å². The number of carbonyl (C=O) groups is 2. The van der Waals surface area contributed by atoms with Gasteiger partial charge in [0, 0.05) is 36.0 Å². The molecule has 0 bridgehead atoms. The van der Waals surface area contributed by atoms with E-state index in [4.69, 9.17) is 10.5 Å². The molecule has 4 rings (SSSR count). The monoisotopic (exact) mass is 490 g/mol. The number of fused-ring (bicyclic) bond motifs is 1. The Morgan fingerprint density at radius 2 is 2.03 bits per heavy atom. The van der Waals surface area contributed by atoms with E-state index in [1.54, 1.807) is 35.5 Å². The zero-order valence-corrected chi connectivity index (χ0v) is 21.5. The third kappa shape index (κ3) is 7.66. The van der Waals surface area contributed by atoms with Gasteiger partial charge in [-0.3, -0.25) is 14.6 Å². The number of anilines is 1. The largest absolute Gasteiger partial charge is 0.491 e. The Bertz CT molecular complexity index is 1280. The molecule has 0 aliphatic carbocycles. The van der Waals surface area contributed by atoms with Crippen molar-refractivity contribution in [2.24, 2.45) is 11.1 Å². The predicted octanol–water partition coefficient (Wildman–Crippen LogP) is 4.37. The van der Waals surface area contributed by atoms with Gasteiger partial charge in [-0.05, 0) is 63.6 Å². The first-order valence-corrected chi connectivity index (χ1v) is 12.1. The van der Waals surface area contributed by atoms with E-state index < -0.39 is 5.91 Å². The molecule has 0 saturated carbocycles. The van der Waals surface area contributed by atoms with E-state index in [2.05, 4.69) is 42.6 Å². The number of ether oxygens (including phenoxy) is 1. The number of primary amides is 1. The van der Waals surface area contributed by atoms with Crippen LogP contribution in [0, 0.1) is 24.2 Å². The van der Waals surface area contributed by atoms with Gasteiger partial charge in [0.15, 0.2) is 0 Å². The normalized spacial score (nSPS) is 12.8. The van der Waals surface area contributed by atoms with Gasteiger partial charge in [0.25, 0.3) is 5.91 Å². The maximum Gasteiger partial charge on any atom is 0.267 e. The number of aryl methyl sites for hydroxylation is 1. The number of carbonyl (C=O) groups excluding carboxylic acids is 2. The third-order valence-electron chi connectivity index (χ3n) is 4.98. The summed E-state index contributed by atoms with van der Waals surface area (Å²) in [6.07, 6.45) is 2.70. The molecular weight excluding hydrogens is 460 g/mol. The summed E-state index contributed by atoms with van der Waals surface area (Å²) in [5, 5.41) is 3.05. The zero-order chi connectivity index (χ0) is 25.6. The molecule has 8 heteroatoms. The minimum absolute atomic E-state index is 0.0367. The number of aromatic nitrogens is 2. The molecule has 7 nitrogen and oxygen atoms in total. The number of hydrogen-bond acceptors (Lipinski definition) is 6. The van der Waals surface area contributed by atoms with Crippen LogP contribution in [0.4, 0.5) is 5.69 Å². The summed E-state index contributed by atoms with van der Waals surface area (Å²) >= 11 is 1.62. The molecule has 35 heavy (non-hydrogen) atoms. The molecule has 0 fully saturated rings. The van der Waals surface area contributed by atoms with Crippen LogP contribution < -0.4 is 15.4 Å². The van der Waals surface area contributed by atoms with E-state index in [0.717, 1.165) is 33.3 Å². The first kappa shape index (κ1) is 25.9. The van der Waals surface area contributed by atoms with Crippen LogP contribution in [-0.4, -0.2) is 35.4 Å². The van der Waals surface area contributed by atoms with Crippen molar-refractivity contribution in [2.45, 2.75) is 40.5 Å². The van der Waals surface area contributed by atoms with Crippen molar-refractivity contribution in [1.82, 2.24) is 9.97 Å². The number of rotatable bonds is 3. The summed E-state index contributed by atoms with van der Waals surface area (Å²) in [5.41, 5.74) is 9.12. The lowest BCUT2D eigenvalue weighted by Crippen LogP contribution is -2.25. The topological polar surface area (TPSA) is 98.4 Å². The lowest BCUT2D eigenvalue weighted by atomic mass is 9.97. The van der Waals surface area contributed by atoms with Crippen LogP contribution in [0.1, 0.15) is 59.5 Å². The van der Waals surface area contributed by atoms with E-state index in [0.29, 0.717) is 25.1 Å². The van der Waals surface area contributed by atoms with Gasteiger partial charge in [-0.25, -0.2) is 4.98 Å². The molecule has 0 unspecified atom stereocenters. The highest BCUT2D eigenvalue weighted by Crippen LogP contribution is 2.31. The number of nitrogens with two attached hydrogens (primary N) is 1. The second-order valence-electron chi connectivity index (χ2n) is 9.18. The molecule has 182 valence electrons. The first-order chi connectivity index (χ1) is 16.5. The van der Waals surface area contributed by atoms with Crippen molar-refractivity contribution >= 4 is 28.8 Å². The molecule has 3 heterocycles. The van der Waals surface area contributed by atoms with Gasteiger partial charge in [0.05, 0.1) is 29.4 Å². The van der Waals surface area contributed by atoms with Crippen molar-refractivity contribution in [1.29, 1.82) is 0 Å². The fourth-order valence-electron chi connectivity index (χ4n) is 3.21. The molecule has 0 atom stereocenters. The Hall–Kier alpha value is -3.70. The van der Waals surface area contributed by atoms with Gasteiger partial charge in [0.2, 0.25) is 5.91 Å². The number of pyridine rings is 1. The fraction of sp³-hybridized carbons (Fsp3) is 0.333. The second-order valence-corrected chi connectivity index (χ2v) is 10.2. The quantitative estimate of drug-likeness (QED) is 0.550. The first-order valence-electron chi connectivity index (χ1n) is 11.2. The van der Waals surface area contributed by atoms with E-state index in [1.807, 2.05) is 36.6 Å². The number of nitrogens with zero attached hydrogens (tertiary/aromatic N) is 3. The van der Waals surface area contributed by atoms with Crippen LogP contribution in [0.2, 0.25) is 0 Å². The van der Waals surface area contributed by atoms with Crippen LogP contribution in [0.15, 0.2) is 41.9 Å². The highest BCUT2D eigenvalue weighted by Gasteiger charge is 2.20. The fourth-order valence-corrected chi connectivity index (χ4v) is 3.82. The Morgan fingerprint density at radius 3 is 2.69 bits per heavy atom. The highest BCUT2D eigenvalue weighted by atomic mass is 32.1. The Kier molecular flexibility index (Phi) is 8.26. The van der Waals surface area contributed by atoms with Crippen LogP contribution >= 0.6 is 11.3 Å². The van der Waals surface area contributed by atoms with Crippen molar-refractivity contribution in [2.75, 3.05) is 18.6 Å². The van der Waals surface area contributed by atoms with Gasteiger partial charge in [-0.2, -0.15) is 0 Å². The van der Waals surface area contributed by atoms with Crippen molar-refractivity contribution < 1.29 is 14.3 Å². The van der Waals surface area contributed by atoms with Gasteiger partial charge in [0.1, 0.15) is 11.4 Å². The van der Waals surface area contributed by atoms with E-state index in [9.17, 15) is 9.59 Å². The summed E-state index contributed by atoms with van der Waals surface area (Å²) < 4.78 is 5.58. The Balaban J connectivity index is 0.000000198. The zero-order valence-electron chi connectivity index (χ0n) is 20.7. The lowest BCUT2D eigenvalue weighted by molar-refractivity contribution is -0.118. The molecule has 1 aliphatic rings. The molecular formula is C27H30N4O3S. The molecule has 2 amide bonds. The molecule has 0 radical (unpaired) electrons. The number of thiazole rings is 1. The highest BCUT2D eigenvalue weighted by molar-refractivity contribution is 7.09. The molecule has 1 aliphatic heterocycles. The SMILES string of the molecule is CN1C(=O)CCOc2ccc(C#CC(C)(C)C)cc21.Cc1nc(Cc2ccnc(C(N)=O)c2)cs1. The van der Waals surface area contributed by atoms with Crippen LogP contribution in [0.3, 0.4) is 0 Å². The number of hydrogen-bond donors (Lipinski definition) is 1. The summed E-state index contributed by atoms with van der Waals surface area (Å²) in [6, 6.07) is 9.30. The summed E-state index contributed by atoms with van der Waals surface area (Å²) in [4.78, 5) is 32.7. The molecule has 2 aromatic heterocycles. The van der Waals surface area contributed by atoms with Crippen molar-refractivity contribution in [3.05, 3.63) is 69.4 Å². The second kappa shape index (κ2) is 11.2. The average Bonchev–Trinajstić information content (AvgIpc) is 3.15. The maximum atomic E-state index is 11.8. The smallest absolute Gasteiger partial charge is 0.267 e. The van der Waals surface area contributed by atoms with E-state index in [-0.39, 0.29) is 11.3 Å². The Morgan fingerprint density at radius 1 is 1.26 bits per heavy atom. The minimum Gasteiger partial charge on any atom is -0.491 e. The summed E-state index contributed by atoms with van der Waals surface area (Å²) in [7, 11) is 1.77. The van der Waals surface area contributed by atoms with Crippen LogP contribution in [0.5, 0.6) is 5.75 Å². The molecule has 3 aromatic rings. The standard InChI is InChI=1S/C16H19NO2.C11H11N3OS/c1-16(2,3)9-7-12-5-6-14-13(11-12)17(4)15(18)8-10-19-14;1-7-14-9(6-16-7)4-8-2-3-13-10(5-8)11(12)15/h5-6,11H,8,10H2,1-4H3;2-3,5-6H,4H2,1H3,(H2,12,15). The average molecular weight is 491 g/mol. The van der Waals surface area contributed by atoms with Gasteiger partial charge >= 0.3 is 0 Å². The van der Waals surface area contributed by atoms with Crippen LogP contribution in [-0.2, 0) is 11.2 Å². The summed E-state index contributed by atoms with van der Waals surface area (Å²) in [6.45, 7) is 8.62. The minimum atomic E-state index is -0.503. The maximum absolute atomic E-state index is 11.8. The molecule has 1 aromatic carbocycles. The number of benzene rings is 1. The number of amides is 2. The van der Waals surface area contributed by atoms with Gasteiger partial charge in [-0.1, -0.05) is 11.8 Å². The van der Waals surface area contributed by atoms with E-state index >= 15 is 0 Å². The Labute approximate surface area is 210 Å². The van der Waals surface area contributed by atoms with Crippen molar-refractivity contribution in [3.63, 3.8) is 0 Å². The van der Waals surface area contributed by atoms with Crippen LogP contribution in [0.25, 0.3) is 0 Å².